The lowest BCUT2D eigenvalue weighted by molar-refractivity contribution is 0.0921. The Balaban J connectivity index is 1.73. The molecule has 0 spiro atoms. The molecule has 2 aliphatic rings. The van der Waals surface area contributed by atoms with E-state index in [2.05, 4.69) is 12.2 Å². The van der Waals surface area contributed by atoms with E-state index >= 15 is 0 Å². The van der Waals surface area contributed by atoms with Gasteiger partial charge in [0, 0.05) is 18.2 Å². The van der Waals surface area contributed by atoms with Crippen molar-refractivity contribution in [1.29, 1.82) is 0 Å². The van der Waals surface area contributed by atoms with Crippen molar-refractivity contribution in [2.24, 2.45) is 5.92 Å². The summed E-state index contributed by atoms with van der Waals surface area (Å²) < 4.78 is 25.5. The Hall–Kier alpha value is -1.56. The van der Waals surface area contributed by atoms with E-state index < -0.39 is 10.0 Å². The predicted octanol–water partition coefficient (Wildman–Crippen LogP) is 2.54. The van der Waals surface area contributed by atoms with Crippen molar-refractivity contribution in [3.05, 3.63) is 29.8 Å². The molecule has 0 aromatic heterocycles. The zero-order valence-corrected chi connectivity index (χ0v) is 14.3. The van der Waals surface area contributed by atoms with Crippen molar-refractivity contribution < 1.29 is 13.2 Å². The van der Waals surface area contributed by atoms with Crippen molar-refractivity contribution in [2.45, 2.75) is 45.1 Å². The summed E-state index contributed by atoms with van der Waals surface area (Å²) in [6.45, 7) is 2.71. The summed E-state index contributed by atoms with van der Waals surface area (Å²) in [4.78, 5) is 12.5. The van der Waals surface area contributed by atoms with Crippen molar-refractivity contribution in [3.63, 3.8) is 0 Å². The van der Waals surface area contributed by atoms with Crippen LogP contribution in [0.25, 0.3) is 0 Å². The van der Waals surface area contributed by atoms with Gasteiger partial charge >= 0.3 is 0 Å². The predicted molar refractivity (Wildman–Crippen MR) is 91.1 cm³/mol. The number of hydrogen-bond donors (Lipinski definition) is 1. The SMILES string of the molecule is C[C@@H]1CCC[C@H](NC(=O)c2cccc(N3CCCS3(=O)=O)c2)C1. The van der Waals surface area contributed by atoms with E-state index in [-0.39, 0.29) is 17.7 Å². The fourth-order valence-electron chi connectivity index (χ4n) is 3.57. The number of anilines is 1. The first-order chi connectivity index (χ1) is 11.0. The topological polar surface area (TPSA) is 66.5 Å². The first-order valence-electron chi connectivity index (χ1n) is 8.37. The van der Waals surface area contributed by atoms with Gasteiger partial charge in [0.05, 0.1) is 11.4 Å². The maximum absolute atomic E-state index is 12.5. The molecule has 1 N–H and O–H groups in total. The minimum Gasteiger partial charge on any atom is -0.349 e. The molecular formula is C17H24N2O3S. The Morgan fingerprint density at radius 1 is 1.26 bits per heavy atom. The molecular weight excluding hydrogens is 312 g/mol. The van der Waals surface area contributed by atoms with Gasteiger partial charge in [-0.15, -0.1) is 0 Å². The number of hydrogen-bond acceptors (Lipinski definition) is 3. The molecule has 0 bridgehead atoms. The van der Waals surface area contributed by atoms with Gasteiger partial charge in [-0.2, -0.15) is 0 Å². The van der Waals surface area contributed by atoms with E-state index in [0.717, 1.165) is 19.3 Å². The van der Waals surface area contributed by atoms with E-state index in [1.807, 2.05) is 0 Å². The molecule has 3 rings (SSSR count). The summed E-state index contributed by atoms with van der Waals surface area (Å²) in [5.41, 5.74) is 1.12. The average molecular weight is 336 g/mol. The van der Waals surface area contributed by atoms with Crippen LogP contribution >= 0.6 is 0 Å². The Bertz CT molecular complexity index is 687. The fraction of sp³-hybridized carbons (Fsp3) is 0.588. The van der Waals surface area contributed by atoms with Gasteiger partial charge < -0.3 is 5.32 Å². The Morgan fingerprint density at radius 2 is 2.09 bits per heavy atom. The summed E-state index contributed by atoms with van der Waals surface area (Å²) in [5, 5.41) is 3.10. The maximum atomic E-state index is 12.5. The molecule has 0 unspecified atom stereocenters. The van der Waals surface area contributed by atoms with Crippen molar-refractivity contribution in [2.75, 3.05) is 16.6 Å². The van der Waals surface area contributed by atoms with Crippen molar-refractivity contribution in [1.82, 2.24) is 5.32 Å². The number of carbonyl (C=O) groups excluding carboxylic acids is 1. The van der Waals surface area contributed by atoms with Gasteiger partial charge in [-0.1, -0.05) is 25.8 Å². The van der Waals surface area contributed by atoms with E-state index in [1.165, 1.54) is 10.7 Å². The fourth-order valence-corrected chi connectivity index (χ4v) is 5.12. The van der Waals surface area contributed by atoms with Crippen LogP contribution in [-0.2, 0) is 10.0 Å². The smallest absolute Gasteiger partial charge is 0.251 e. The third-order valence-corrected chi connectivity index (χ3v) is 6.64. The summed E-state index contributed by atoms with van der Waals surface area (Å²) in [6, 6.07) is 7.16. The highest BCUT2D eigenvalue weighted by Crippen LogP contribution is 2.26. The molecule has 1 amide bonds. The highest BCUT2D eigenvalue weighted by atomic mass is 32.2. The van der Waals surface area contributed by atoms with Crippen molar-refractivity contribution in [3.8, 4) is 0 Å². The standard InChI is InChI=1S/C17H24N2O3S/c1-13-5-2-7-15(11-13)18-17(20)14-6-3-8-16(12-14)19-9-4-10-23(19,21)22/h3,6,8,12-13,15H,2,4-5,7,9-11H2,1H3,(H,18,20)/t13-,15+/m1/s1. The Labute approximate surface area is 138 Å². The average Bonchev–Trinajstić information content (AvgIpc) is 2.87. The Kier molecular flexibility index (Phi) is 4.62. The maximum Gasteiger partial charge on any atom is 0.251 e. The molecule has 1 saturated carbocycles. The van der Waals surface area contributed by atoms with Crippen LogP contribution in [0.4, 0.5) is 5.69 Å². The van der Waals surface area contributed by atoms with Crippen LogP contribution in [0.5, 0.6) is 0 Å². The molecule has 1 aliphatic carbocycles. The lowest BCUT2D eigenvalue weighted by Crippen LogP contribution is -2.38. The zero-order chi connectivity index (χ0) is 16.4. The molecule has 126 valence electrons. The largest absolute Gasteiger partial charge is 0.349 e. The number of carbonyl (C=O) groups is 1. The number of rotatable bonds is 3. The lowest BCUT2D eigenvalue weighted by atomic mass is 9.87. The second-order valence-electron chi connectivity index (χ2n) is 6.73. The number of nitrogens with one attached hydrogen (secondary N) is 1. The summed E-state index contributed by atoms with van der Waals surface area (Å²) >= 11 is 0. The Morgan fingerprint density at radius 3 is 2.78 bits per heavy atom. The van der Waals surface area contributed by atoms with Crippen molar-refractivity contribution >= 4 is 21.6 Å². The van der Waals surface area contributed by atoms with E-state index in [1.54, 1.807) is 24.3 Å². The number of benzene rings is 1. The summed E-state index contributed by atoms with van der Waals surface area (Å²) in [6.07, 6.45) is 5.06. The van der Waals surface area contributed by atoms with E-state index in [4.69, 9.17) is 0 Å². The number of amides is 1. The molecule has 1 aliphatic heterocycles. The van der Waals surface area contributed by atoms with Crippen LogP contribution < -0.4 is 9.62 Å². The molecule has 1 aromatic carbocycles. The monoisotopic (exact) mass is 336 g/mol. The van der Waals surface area contributed by atoms with Crippen LogP contribution in [0.1, 0.15) is 49.4 Å². The van der Waals surface area contributed by atoms with E-state index in [0.29, 0.717) is 30.1 Å². The molecule has 1 aromatic rings. The lowest BCUT2D eigenvalue weighted by Gasteiger charge is -2.27. The minimum atomic E-state index is -3.22. The normalized spacial score (nSPS) is 26.9. The summed E-state index contributed by atoms with van der Waals surface area (Å²) in [5.74, 6) is 0.723. The van der Waals surface area contributed by atoms with Crippen LogP contribution in [0, 0.1) is 5.92 Å². The molecule has 6 heteroatoms. The van der Waals surface area contributed by atoms with Gasteiger partial charge in [-0.3, -0.25) is 9.10 Å². The molecule has 2 atom stereocenters. The van der Waals surface area contributed by atoms with Gasteiger partial charge in [-0.05, 0) is 43.4 Å². The third kappa shape index (κ3) is 3.68. The highest BCUT2D eigenvalue weighted by molar-refractivity contribution is 7.93. The van der Waals surface area contributed by atoms with Crippen LogP contribution in [0.2, 0.25) is 0 Å². The number of sulfonamides is 1. The third-order valence-electron chi connectivity index (χ3n) is 4.77. The second kappa shape index (κ2) is 6.51. The molecule has 2 fully saturated rings. The second-order valence-corrected chi connectivity index (χ2v) is 8.75. The van der Waals surface area contributed by atoms with Gasteiger partial charge in [0.1, 0.15) is 0 Å². The molecule has 0 radical (unpaired) electrons. The minimum absolute atomic E-state index is 0.109. The molecule has 5 nitrogen and oxygen atoms in total. The van der Waals surface area contributed by atoms with Gasteiger partial charge in [0.15, 0.2) is 0 Å². The number of nitrogens with zero attached hydrogens (tertiary/aromatic N) is 1. The van der Waals surface area contributed by atoms with Gasteiger partial charge in [0.2, 0.25) is 10.0 Å². The summed E-state index contributed by atoms with van der Waals surface area (Å²) in [7, 11) is -3.22. The molecule has 1 heterocycles. The van der Waals surface area contributed by atoms with E-state index in [9.17, 15) is 13.2 Å². The van der Waals surface area contributed by atoms with Gasteiger partial charge in [-0.25, -0.2) is 8.42 Å². The highest BCUT2D eigenvalue weighted by Gasteiger charge is 2.29. The first kappa shape index (κ1) is 16.3. The van der Waals surface area contributed by atoms with Crippen LogP contribution in [-0.4, -0.2) is 32.7 Å². The zero-order valence-electron chi connectivity index (χ0n) is 13.5. The quantitative estimate of drug-likeness (QED) is 0.922. The molecule has 1 saturated heterocycles. The van der Waals surface area contributed by atoms with Crippen LogP contribution in [0.3, 0.4) is 0 Å². The van der Waals surface area contributed by atoms with Crippen LogP contribution in [0.15, 0.2) is 24.3 Å². The molecule has 23 heavy (non-hydrogen) atoms. The first-order valence-corrected chi connectivity index (χ1v) is 9.98. The van der Waals surface area contributed by atoms with Gasteiger partial charge in [0.25, 0.3) is 5.91 Å².